The van der Waals surface area contributed by atoms with Crippen LogP contribution in [0.3, 0.4) is 0 Å². The predicted octanol–water partition coefficient (Wildman–Crippen LogP) is 3.14. The SMILES string of the molecule is O=C(NCc1cccc(Cl)c1)c1noc2c1CCCC2. The molecule has 0 saturated heterocycles. The molecule has 1 amide bonds. The summed E-state index contributed by atoms with van der Waals surface area (Å²) < 4.78 is 5.25. The monoisotopic (exact) mass is 290 g/mol. The number of aryl methyl sites for hydroxylation is 1. The zero-order valence-electron chi connectivity index (χ0n) is 11.0. The highest BCUT2D eigenvalue weighted by molar-refractivity contribution is 6.30. The molecule has 0 spiro atoms. The molecule has 0 unspecified atom stereocenters. The molecule has 1 aromatic carbocycles. The molecule has 2 aromatic rings. The van der Waals surface area contributed by atoms with Crippen molar-refractivity contribution in [1.82, 2.24) is 10.5 Å². The summed E-state index contributed by atoms with van der Waals surface area (Å²) >= 11 is 5.91. The van der Waals surface area contributed by atoms with Crippen LogP contribution in [0.5, 0.6) is 0 Å². The first-order valence-corrected chi connectivity index (χ1v) is 7.12. The van der Waals surface area contributed by atoms with Gasteiger partial charge in [0, 0.05) is 23.6 Å². The highest BCUT2D eigenvalue weighted by Gasteiger charge is 2.23. The minimum Gasteiger partial charge on any atom is -0.360 e. The Balaban J connectivity index is 1.69. The number of nitrogens with zero attached hydrogens (tertiary/aromatic N) is 1. The molecule has 0 radical (unpaired) electrons. The first kappa shape index (κ1) is 13.2. The average molecular weight is 291 g/mol. The van der Waals surface area contributed by atoms with Gasteiger partial charge in [0.05, 0.1) is 0 Å². The number of hydrogen-bond acceptors (Lipinski definition) is 3. The summed E-state index contributed by atoms with van der Waals surface area (Å²) in [6.45, 7) is 0.432. The van der Waals surface area contributed by atoms with Crippen LogP contribution in [-0.4, -0.2) is 11.1 Å². The van der Waals surface area contributed by atoms with Gasteiger partial charge in [0.2, 0.25) is 0 Å². The number of aromatic nitrogens is 1. The maximum absolute atomic E-state index is 12.2. The van der Waals surface area contributed by atoms with E-state index in [4.69, 9.17) is 16.1 Å². The first-order valence-electron chi connectivity index (χ1n) is 6.74. The van der Waals surface area contributed by atoms with E-state index in [1.165, 1.54) is 0 Å². The van der Waals surface area contributed by atoms with Gasteiger partial charge in [-0.1, -0.05) is 28.9 Å². The van der Waals surface area contributed by atoms with Crippen LogP contribution in [0.25, 0.3) is 0 Å². The van der Waals surface area contributed by atoms with E-state index in [-0.39, 0.29) is 5.91 Å². The number of carbonyl (C=O) groups is 1. The molecular weight excluding hydrogens is 276 g/mol. The lowest BCUT2D eigenvalue weighted by Gasteiger charge is -2.09. The molecule has 1 aliphatic carbocycles. The van der Waals surface area contributed by atoms with Gasteiger partial charge in [-0.2, -0.15) is 0 Å². The van der Waals surface area contributed by atoms with E-state index in [1.807, 2.05) is 18.2 Å². The molecule has 1 aromatic heterocycles. The molecule has 0 aliphatic heterocycles. The van der Waals surface area contributed by atoms with Crippen molar-refractivity contribution in [2.24, 2.45) is 0 Å². The Hall–Kier alpha value is -1.81. The van der Waals surface area contributed by atoms with Crippen molar-refractivity contribution in [2.75, 3.05) is 0 Å². The van der Waals surface area contributed by atoms with Gasteiger partial charge in [0.15, 0.2) is 5.69 Å². The Morgan fingerprint density at radius 1 is 1.35 bits per heavy atom. The molecule has 20 heavy (non-hydrogen) atoms. The fraction of sp³-hybridized carbons (Fsp3) is 0.333. The van der Waals surface area contributed by atoms with Crippen LogP contribution in [-0.2, 0) is 19.4 Å². The Labute approximate surface area is 122 Å². The van der Waals surface area contributed by atoms with E-state index in [0.717, 1.165) is 42.6 Å². The molecule has 0 saturated carbocycles. The van der Waals surface area contributed by atoms with E-state index in [2.05, 4.69) is 10.5 Å². The van der Waals surface area contributed by atoms with E-state index >= 15 is 0 Å². The maximum Gasteiger partial charge on any atom is 0.274 e. The lowest BCUT2D eigenvalue weighted by Crippen LogP contribution is -2.24. The second kappa shape index (κ2) is 5.67. The third kappa shape index (κ3) is 2.70. The van der Waals surface area contributed by atoms with Crippen molar-refractivity contribution in [3.05, 3.63) is 51.9 Å². The second-order valence-corrected chi connectivity index (χ2v) is 5.39. The van der Waals surface area contributed by atoms with Gasteiger partial charge in [0.25, 0.3) is 5.91 Å². The topological polar surface area (TPSA) is 55.1 Å². The fourth-order valence-corrected chi connectivity index (χ4v) is 2.69. The number of fused-ring (bicyclic) bond motifs is 1. The van der Waals surface area contributed by atoms with Crippen LogP contribution in [0.15, 0.2) is 28.8 Å². The molecule has 5 heteroatoms. The Morgan fingerprint density at radius 2 is 2.20 bits per heavy atom. The van der Waals surface area contributed by atoms with Gasteiger partial charge in [-0.25, -0.2) is 0 Å². The molecule has 1 N–H and O–H groups in total. The Morgan fingerprint density at radius 3 is 3.05 bits per heavy atom. The molecule has 3 rings (SSSR count). The summed E-state index contributed by atoms with van der Waals surface area (Å²) in [5, 5.41) is 7.44. The molecule has 1 aliphatic rings. The van der Waals surface area contributed by atoms with Gasteiger partial charge in [0.1, 0.15) is 5.76 Å². The van der Waals surface area contributed by atoms with Gasteiger partial charge in [-0.15, -0.1) is 0 Å². The van der Waals surface area contributed by atoms with Crippen molar-refractivity contribution in [3.63, 3.8) is 0 Å². The fourth-order valence-electron chi connectivity index (χ4n) is 2.48. The van der Waals surface area contributed by atoms with Crippen LogP contribution in [0.1, 0.15) is 40.2 Å². The molecular formula is C15H15ClN2O2. The highest BCUT2D eigenvalue weighted by Crippen LogP contribution is 2.24. The molecule has 1 heterocycles. The van der Waals surface area contributed by atoms with E-state index < -0.39 is 0 Å². The summed E-state index contributed by atoms with van der Waals surface area (Å²) in [6, 6.07) is 7.42. The summed E-state index contributed by atoms with van der Waals surface area (Å²) in [5.41, 5.74) is 2.37. The van der Waals surface area contributed by atoms with Gasteiger partial charge in [-0.05, 0) is 37.0 Å². The number of rotatable bonds is 3. The van der Waals surface area contributed by atoms with Gasteiger partial charge in [-0.3, -0.25) is 4.79 Å². The van der Waals surface area contributed by atoms with Gasteiger partial charge >= 0.3 is 0 Å². The zero-order valence-corrected chi connectivity index (χ0v) is 11.7. The average Bonchev–Trinajstić information content (AvgIpc) is 2.89. The van der Waals surface area contributed by atoms with E-state index in [9.17, 15) is 4.79 Å². The van der Waals surface area contributed by atoms with Crippen molar-refractivity contribution in [1.29, 1.82) is 0 Å². The zero-order chi connectivity index (χ0) is 13.9. The number of amides is 1. The van der Waals surface area contributed by atoms with Crippen molar-refractivity contribution in [2.45, 2.75) is 32.2 Å². The van der Waals surface area contributed by atoms with E-state index in [1.54, 1.807) is 6.07 Å². The summed E-state index contributed by atoms with van der Waals surface area (Å²) in [6.07, 6.45) is 3.94. The molecule has 104 valence electrons. The lowest BCUT2D eigenvalue weighted by molar-refractivity contribution is 0.0941. The van der Waals surface area contributed by atoms with Crippen molar-refractivity contribution >= 4 is 17.5 Å². The third-order valence-electron chi connectivity index (χ3n) is 3.51. The quantitative estimate of drug-likeness (QED) is 0.945. The second-order valence-electron chi connectivity index (χ2n) is 4.95. The van der Waals surface area contributed by atoms with Crippen molar-refractivity contribution in [3.8, 4) is 0 Å². The standard InChI is InChI=1S/C15H15ClN2O2/c16-11-5-3-4-10(8-11)9-17-15(19)14-12-6-1-2-7-13(12)20-18-14/h3-5,8H,1-2,6-7,9H2,(H,17,19). The first-order chi connectivity index (χ1) is 9.74. The van der Waals surface area contributed by atoms with Crippen molar-refractivity contribution < 1.29 is 9.32 Å². The summed E-state index contributed by atoms with van der Waals surface area (Å²) in [4.78, 5) is 12.2. The number of hydrogen-bond donors (Lipinski definition) is 1. The number of halogens is 1. The van der Waals surface area contributed by atoms with Gasteiger partial charge < -0.3 is 9.84 Å². The minimum absolute atomic E-state index is 0.183. The predicted molar refractivity (Wildman–Crippen MR) is 75.8 cm³/mol. The lowest BCUT2D eigenvalue weighted by atomic mass is 9.96. The largest absolute Gasteiger partial charge is 0.360 e. The third-order valence-corrected chi connectivity index (χ3v) is 3.74. The highest BCUT2D eigenvalue weighted by atomic mass is 35.5. The molecule has 0 bridgehead atoms. The molecule has 0 atom stereocenters. The Bertz CT molecular complexity index is 637. The van der Waals surface area contributed by atoms with E-state index in [0.29, 0.717) is 17.3 Å². The Kier molecular flexibility index (Phi) is 3.74. The van der Waals surface area contributed by atoms with Crippen LogP contribution >= 0.6 is 11.6 Å². The van der Waals surface area contributed by atoms with Crippen LogP contribution in [0.2, 0.25) is 5.02 Å². The number of carbonyl (C=O) groups excluding carboxylic acids is 1. The minimum atomic E-state index is -0.183. The normalized spacial score (nSPS) is 13.8. The smallest absolute Gasteiger partial charge is 0.274 e. The molecule has 0 fully saturated rings. The van der Waals surface area contributed by atoms with Crippen LogP contribution < -0.4 is 5.32 Å². The molecule has 4 nitrogen and oxygen atoms in total. The maximum atomic E-state index is 12.2. The summed E-state index contributed by atoms with van der Waals surface area (Å²) in [5.74, 6) is 0.682. The number of benzene rings is 1. The summed E-state index contributed by atoms with van der Waals surface area (Å²) in [7, 11) is 0. The van der Waals surface area contributed by atoms with Crippen LogP contribution in [0.4, 0.5) is 0 Å². The number of nitrogens with one attached hydrogen (secondary N) is 1. The van der Waals surface area contributed by atoms with Crippen LogP contribution in [0, 0.1) is 0 Å².